The van der Waals surface area contributed by atoms with E-state index in [1.165, 1.54) is 4.90 Å². The van der Waals surface area contributed by atoms with Crippen LogP contribution in [0.15, 0.2) is 54.6 Å². The van der Waals surface area contributed by atoms with Crippen molar-refractivity contribution in [3.05, 3.63) is 71.3 Å². The molecule has 2 fully saturated rings. The zero-order chi connectivity index (χ0) is 42.6. The summed E-state index contributed by atoms with van der Waals surface area (Å²) in [5.41, 5.74) is 6.63. The maximum Gasteiger partial charge on any atom is 0.307 e. The highest BCUT2D eigenvalue weighted by Gasteiger charge is 2.45. The van der Waals surface area contributed by atoms with Gasteiger partial charge < -0.3 is 25.8 Å². The number of aliphatic carboxylic acids is 1. The van der Waals surface area contributed by atoms with E-state index in [1.54, 1.807) is 61.5 Å². The monoisotopic (exact) mass is 801 g/mol. The van der Waals surface area contributed by atoms with Crippen molar-refractivity contribution in [2.75, 3.05) is 6.54 Å². The number of carboxylic acids is 1. The Hall–Kier alpha value is -5.04. The Bertz CT molecular complexity index is 1810. The second-order valence-corrected chi connectivity index (χ2v) is 16.8. The SMILES string of the molecule is CCC(CC(=O)[C@@H]1C[C@@H](OC(C)(C)C)CN1C(=O)[C@@H](CC(=O)Cc1cccc(CC(=O)O)c1)C1CCCCC1)C(=O)C(=O)CCC(=O)N[C@H](C(N)=O)c1ccccc1. The van der Waals surface area contributed by atoms with Gasteiger partial charge in [0.05, 0.1) is 24.2 Å². The Morgan fingerprint density at radius 2 is 1.53 bits per heavy atom. The first kappa shape index (κ1) is 45.7. The molecule has 13 heteroatoms. The Balaban J connectivity index is 1.47. The standard InChI is InChI=1S/C45H59N3O10/c1-5-30(42(55)37(50)19-20-39(52)47-41(43(46)56)32-17-10-7-11-18-32)24-38(51)36-26-34(58-45(2,3)4)27-48(36)44(57)35(31-15-8-6-9-16-31)25-33(49)22-28-13-12-14-29(21-28)23-40(53)54/h7,10-14,17-18,21,30-31,34-36,41H,5-6,8-9,15-16,19-20,22-27H2,1-4H3,(H2,46,56)(H,47,52)(H,53,54)/t30?,34-,35+,36+,41+/m1/s1. The summed E-state index contributed by atoms with van der Waals surface area (Å²) in [6.07, 6.45) is 3.08. The molecule has 0 radical (unpaired) electrons. The number of nitrogens with zero attached hydrogens (tertiary/aromatic N) is 1. The zero-order valence-electron chi connectivity index (χ0n) is 34.2. The van der Waals surface area contributed by atoms with Crippen LogP contribution in [0.1, 0.15) is 121 Å². The van der Waals surface area contributed by atoms with Gasteiger partial charge in [0.1, 0.15) is 11.8 Å². The van der Waals surface area contributed by atoms with E-state index in [9.17, 15) is 43.5 Å². The van der Waals surface area contributed by atoms with Gasteiger partial charge in [0.15, 0.2) is 11.6 Å². The lowest BCUT2D eigenvalue weighted by Gasteiger charge is -2.34. The smallest absolute Gasteiger partial charge is 0.307 e. The van der Waals surface area contributed by atoms with E-state index in [0.717, 1.165) is 32.1 Å². The van der Waals surface area contributed by atoms with Crippen LogP contribution in [0.5, 0.6) is 0 Å². The number of carbonyl (C=O) groups is 8. The third-order valence-corrected chi connectivity index (χ3v) is 11.1. The number of hydrogen-bond donors (Lipinski definition) is 3. The van der Waals surface area contributed by atoms with Gasteiger partial charge in [0.2, 0.25) is 23.5 Å². The van der Waals surface area contributed by atoms with Gasteiger partial charge in [-0.25, -0.2) is 0 Å². The van der Waals surface area contributed by atoms with Crippen LogP contribution < -0.4 is 11.1 Å². The molecule has 1 saturated carbocycles. The molecule has 2 aliphatic rings. The molecule has 0 spiro atoms. The molecule has 0 bridgehead atoms. The van der Waals surface area contributed by atoms with Crippen LogP contribution in [-0.2, 0) is 55.9 Å². The molecule has 3 amide bonds. The van der Waals surface area contributed by atoms with Crippen molar-refractivity contribution in [3.8, 4) is 0 Å². The number of carbonyl (C=O) groups excluding carboxylic acids is 7. The lowest BCUT2D eigenvalue weighted by Crippen LogP contribution is -2.47. The Morgan fingerprint density at radius 3 is 2.14 bits per heavy atom. The number of primary amides is 1. The molecular weight excluding hydrogens is 743 g/mol. The minimum absolute atomic E-state index is 0.0292. The van der Waals surface area contributed by atoms with Gasteiger partial charge in [-0.05, 0) is 62.6 Å². The first-order valence-corrected chi connectivity index (χ1v) is 20.5. The Labute approximate surface area is 340 Å². The van der Waals surface area contributed by atoms with Crippen LogP contribution in [0.3, 0.4) is 0 Å². The average Bonchev–Trinajstić information content (AvgIpc) is 3.59. The topological polar surface area (TPSA) is 207 Å². The number of Topliss-reactive ketones (excluding diaryl/α,β-unsaturated/α-hetero) is 4. The Morgan fingerprint density at radius 1 is 0.879 bits per heavy atom. The molecule has 0 aromatic heterocycles. The van der Waals surface area contributed by atoms with Crippen molar-refractivity contribution < 1.29 is 48.2 Å². The molecular formula is C45H59N3O10. The summed E-state index contributed by atoms with van der Waals surface area (Å²) in [4.78, 5) is 107. The first-order valence-electron chi connectivity index (χ1n) is 20.5. The number of ether oxygens (including phenoxy) is 1. The molecule has 5 atom stereocenters. The van der Waals surface area contributed by atoms with Crippen LogP contribution in [0.25, 0.3) is 0 Å². The van der Waals surface area contributed by atoms with E-state index < -0.39 is 71.4 Å². The third-order valence-electron chi connectivity index (χ3n) is 11.1. The minimum atomic E-state index is -1.11. The van der Waals surface area contributed by atoms with E-state index in [-0.39, 0.29) is 74.9 Å². The predicted octanol–water partition coefficient (Wildman–Crippen LogP) is 5.04. The van der Waals surface area contributed by atoms with E-state index >= 15 is 0 Å². The second-order valence-electron chi connectivity index (χ2n) is 16.8. The number of likely N-dealkylation sites (tertiary alicyclic amines) is 1. The predicted molar refractivity (Wildman–Crippen MR) is 215 cm³/mol. The highest BCUT2D eigenvalue weighted by molar-refractivity contribution is 6.38. The van der Waals surface area contributed by atoms with Crippen molar-refractivity contribution in [3.63, 3.8) is 0 Å². The molecule has 2 aromatic rings. The zero-order valence-corrected chi connectivity index (χ0v) is 34.2. The van der Waals surface area contributed by atoms with Crippen molar-refractivity contribution in [1.82, 2.24) is 10.2 Å². The van der Waals surface area contributed by atoms with Crippen LogP contribution in [0, 0.1) is 17.8 Å². The lowest BCUT2D eigenvalue weighted by atomic mass is 9.76. The molecule has 1 aliphatic heterocycles. The van der Waals surface area contributed by atoms with E-state index in [0.29, 0.717) is 16.7 Å². The highest BCUT2D eigenvalue weighted by Crippen LogP contribution is 2.36. The second kappa shape index (κ2) is 21.1. The summed E-state index contributed by atoms with van der Waals surface area (Å²) >= 11 is 0. The van der Waals surface area contributed by atoms with Gasteiger partial charge in [-0.15, -0.1) is 0 Å². The van der Waals surface area contributed by atoms with Crippen molar-refractivity contribution in [1.29, 1.82) is 0 Å². The minimum Gasteiger partial charge on any atom is -0.481 e. The molecule has 13 nitrogen and oxygen atoms in total. The van der Waals surface area contributed by atoms with Crippen LogP contribution in [-0.4, -0.2) is 81.1 Å². The quantitative estimate of drug-likeness (QED) is 0.143. The molecule has 58 heavy (non-hydrogen) atoms. The molecule has 1 unspecified atom stereocenters. The van der Waals surface area contributed by atoms with Gasteiger partial charge in [-0.3, -0.25) is 38.4 Å². The molecule has 1 heterocycles. The lowest BCUT2D eigenvalue weighted by molar-refractivity contribution is -0.146. The first-order chi connectivity index (χ1) is 27.4. The fourth-order valence-electron chi connectivity index (χ4n) is 8.28. The van der Waals surface area contributed by atoms with Crippen LogP contribution in [0.4, 0.5) is 0 Å². The molecule has 1 saturated heterocycles. The Kier molecular flexibility index (Phi) is 16.6. The van der Waals surface area contributed by atoms with E-state index in [4.69, 9.17) is 10.5 Å². The van der Waals surface area contributed by atoms with Gasteiger partial charge in [0.25, 0.3) is 0 Å². The summed E-state index contributed by atoms with van der Waals surface area (Å²) in [7, 11) is 0. The highest BCUT2D eigenvalue weighted by atomic mass is 16.5. The molecule has 1 aliphatic carbocycles. The van der Waals surface area contributed by atoms with E-state index in [2.05, 4.69) is 5.32 Å². The number of nitrogens with two attached hydrogens (primary N) is 1. The molecule has 4 rings (SSSR count). The number of benzene rings is 2. The summed E-state index contributed by atoms with van der Waals surface area (Å²) in [5, 5.41) is 11.8. The molecule has 314 valence electrons. The third kappa shape index (κ3) is 13.5. The summed E-state index contributed by atoms with van der Waals surface area (Å²) in [6.45, 7) is 7.48. The van der Waals surface area contributed by atoms with Crippen molar-refractivity contribution in [2.45, 2.75) is 135 Å². The van der Waals surface area contributed by atoms with Gasteiger partial charge in [0, 0.05) is 56.9 Å². The number of hydrogen-bond acceptors (Lipinski definition) is 9. The maximum absolute atomic E-state index is 14.7. The number of carboxylic acid groups (broad SMARTS) is 1. The average molecular weight is 802 g/mol. The van der Waals surface area contributed by atoms with Crippen molar-refractivity contribution in [2.24, 2.45) is 23.5 Å². The molecule has 4 N–H and O–H groups in total. The van der Waals surface area contributed by atoms with Crippen molar-refractivity contribution >= 4 is 46.8 Å². The van der Waals surface area contributed by atoms with Gasteiger partial charge >= 0.3 is 5.97 Å². The van der Waals surface area contributed by atoms with Crippen LogP contribution in [0.2, 0.25) is 0 Å². The normalized spacial score (nSPS) is 18.8. The summed E-state index contributed by atoms with van der Waals surface area (Å²) < 4.78 is 6.28. The summed E-state index contributed by atoms with van der Waals surface area (Å²) in [6, 6.07) is 13.2. The number of ketones is 4. The molecule has 2 aromatic carbocycles. The fourth-order valence-corrected chi connectivity index (χ4v) is 8.28. The van der Waals surface area contributed by atoms with Crippen LogP contribution >= 0.6 is 0 Å². The maximum atomic E-state index is 14.7. The van der Waals surface area contributed by atoms with Gasteiger partial charge in [-0.1, -0.05) is 80.8 Å². The number of nitrogens with one attached hydrogen (secondary N) is 1. The number of rotatable bonds is 21. The largest absolute Gasteiger partial charge is 0.481 e. The summed E-state index contributed by atoms with van der Waals surface area (Å²) in [5.74, 6) is -6.54. The fraction of sp³-hybridized carbons (Fsp3) is 0.556. The number of amides is 3. The van der Waals surface area contributed by atoms with Gasteiger partial charge in [-0.2, -0.15) is 0 Å². The van der Waals surface area contributed by atoms with E-state index in [1.807, 2.05) is 20.8 Å².